The lowest BCUT2D eigenvalue weighted by Gasteiger charge is -2.29. The summed E-state index contributed by atoms with van der Waals surface area (Å²) in [6.45, 7) is 0.112. The fraction of sp³-hybridized carbons (Fsp3) is 0.360. The summed E-state index contributed by atoms with van der Waals surface area (Å²) < 4.78 is 16.1. The van der Waals surface area contributed by atoms with Crippen molar-refractivity contribution in [2.75, 3.05) is 18.3 Å². The number of ether oxygens (including phenoxy) is 3. The Balaban J connectivity index is 1.17. The van der Waals surface area contributed by atoms with Gasteiger partial charge in [-0.3, -0.25) is 9.59 Å². The number of amides is 2. The van der Waals surface area contributed by atoms with E-state index in [1.807, 2.05) is 18.2 Å². The standard InChI is InChI=1S/C25H19N3O6/c26-7-8-31-14-4-1-12(2-5-14)22-21-15-10-16(23(21)34-27-22)20-19(15)24(29)28(25(20)30)13-3-6-17-18(9-13)33-11-32-17/h1-6,9,15-16,19-21,23H,8,10-11H2. The molecule has 7 rings (SSSR count). The lowest BCUT2D eigenvalue weighted by atomic mass is 9.71. The molecule has 9 heteroatoms. The summed E-state index contributed by atoms with van der Waals surface area (Å²) >= 11 is 0. The van der Waals surface area contributed by atoms with Crippen LogP contribution in [0.5, 0.6) is 17.2 Å². The molecule has 3 fully saturated rings. The molecule has 5 aliphatic rings. The molecule has 1 saturated heterocycles. The minimum atomic E-state index is -0.388. The average molecular weight is 457 g/mol. The first-order valence-electron chi connectivity index (χ1n) is 11.3. The minimum Gasteiger partial charge on any atom is -0.479 e. The highest BCUT2D eigenvalue weighted by Gasteiger charge is 2.70. The number of oxime groups is 1. The fourth-order valence-electron chi connectivity index (χ4n) is 6.48. The molecule has 9 nitrogen and oxygen atoms in total. The summed E-state index contributed by atoms with van der Waals surface area (Å²) in [6.07, 6.45) is 0.573. The van der Waals surface area contributed by atoms with Crippen molar-refractivity contribution < 1.29 is 28.6 Å². The first-order valence-corrected chi connectivity index (χ1v) is 11.3. The van der Waals surface area contributed by atoms with Crippen molar-refractivity contribution in [2.45, 2.75) is 12.5 Å². The maximum Gasteiger partial charge on any atom is 0.238 e. The first kappa shape index (κ1) is 19.4. The topological polar surface area (TPSA) is 110 Å². The SMILES string of the molecule is N#CCOc1ccc(C2=NOC3C4CC(C23)C2C(=O)N(c3ccc5c(c3)OCO5)C(=O)C42)cc1. The Bertz CT molecular complexity index is 1300. The highest BCUT2D eigenvalue weighted by Crippen LogP contribution is 2.62. The molecule has 2 amide bonds. The molecule has 0 N–H and O–H groups in total. The summed E-state index contributed by atoms with van der Waals surface area (Å²) in [7, 11) is 0. The zero-order valence-corrected chi connectivity index (χ0v) is 17.9. The van der Waals surface area contributed by atoms with Gasteiger partial charge in [0.1, 0.15) is 17.9 Å². The van der Waals surface area contributed by atoms with Gasteiger partial charge in [-0.05, 0) is 48.7 Å². The van der Waals surface area contributed by atoms with Crippen molar-refractivity contribution in [2.24, 2.45) is 34.7 Å². The molecule has 0 aromatic heterocycles. The van der Waals surface area contributed by atoms with Crippen LogP contribution in [0.2, 0.25) is 0 Å². The van der Waals surface area contributed by atoms with Crippen LogP contribution in [-0.4, -0.2) is 37.0 Å². The largest absolute Gasteiger partial charge is 0.479 e. The fourth-order valence-corrected chi connectivity index (χ4v) is 6.48. The molecule has 2 saturated carbocycles. The molecule has 6 unspecified atom stereocenters. The third kappa shape index (κ3) is 2.51. The van der Waals surface area contributed by atoms with Crippen LogP contribution in [0.25, 0.3) is 0 Å². The molecule has 3 aliphatic heterocycles. The number of nitrogens with zero attached hydrogens (tertiary/aromatic N) is 3. The molecule has 2 aromatic rings. The average Bonchev–Trinajstić information content (AvgIpc) is 3.65. The molecule has 3 heterocycles. The quantitative estimate of drug-likeness (QED) is 0.649. The van der Waals surface area contributed by atoms with E-state index in [2.05, 4.69) is 5.16 Å². The highest BCUT2D eigenvalue weighted by atomic mass is 16.7. The van der Waals surface area contributed by atoms with Gasteiger partial charge < -0.3 is 19.0 Å². The Morgan fingerprint density at radius 1 is 1.00 bits per heavy atom. The van der Waals surface area contributed by atoms with E-state index in [0.29, 0.717) is 22.9 Å². The molecule has 6 atom stereocenters. The second kappa shape index (κ2) is 6.97. The molecule has 0 spiro atoms. The van der Waals surface area contributed by atoms with Gasteiger partial charge in [-0.15, -0.1) is 0 Å². The van der Waals surface area contributed by atoms with Crippen LogP contribution in [0.4, 0.5) is 5.69 Å². The van der Waals surface area contributed by atoms with Gasteiger partial charge in [0.15, 0.2) is 18.1 Å². The van der Waals surface area contributed by atoms with Gasteiger partial charge in [-0.2, -0.15) is 5.26 Å². The number of carbonyl (C=O) groups excluding carboxylic acids is 2. The number of fused-ring (bicyclic) bond motifs is 9. The van der Waals surface area contributed by atoms with Crippen LogP contribution in [0.1, 0.15) is 12.0 Å². The van der Waals surface area contributed by atoms with E-state index in [1.54, 1.807) is 30.3 Å². The zero-order valence-electron chi connectivity index (χ0n) is 17.9. The Morgan fingerprint density at radius 3 is 2.56 bits per heavy atom. The van der Waals surface area contributed by atoms with Gasteiger partial charge in [-0.25, -0.2) is 4.90 Å². The van der Waals surface area contributed by atoms with Gasteiger partial charge in [0.2, 0.25) is 18.6 Å². The predicted molar refractivity (Wildman–Crippen MR) is 116 cm³/mol. The van der Waals surface area contributed by atoms with Crippen molar-refractivity contribution in [3.05, 3.63) is 48.0 Å². The second-order valence-electron chi connectivity index (χ2n) is 9.21. The number of anilines is 1. The first-order chi connectivity index (χ1) is 16.7. The summed E-state index contributed by atoms with van der Waals surface area (Å²) in [5, 5.41) is 13.1. The molecule has 170 valence electrons. The van der Waals surface area contributed by atoms with Crippen LogP contribution in [-0.2, 0) is 14.4 Å². The second-order valence-corrected chi connectivity index (χ2v) is 9.21. The Labute approximate surface area is 194 Å². The predicted octanol–water partition coefficient (Wildman–Crippen LogP) is 2.49. The molecule has 0 radical (unpaired) electrons. The van der Waals surface area contributed by atoms with E-state index in [4.69, 9.17) is 24.3 Å². The van der Waals surface area contributed by atoms with Crippen LogP contribution in [0.15, 0.2) is 47.6 Å². The van der Waals surface area contributed by atoms with Gasteiger partial charge in [0, 0.05) is 23.5 Å². The normalized spacial score (nSPS) is 31.7. The zero-order chi connectivity index (χ0) is 23.0. The minimum absolute atomic E-state index is 0.00812. The summed E-state index contributed by atoms with van der Waals surface area (Å²) in [4.78, 5) is 34.2. The number of rotatable bonds is 4. The molecule has 2 aliphatic carbocycles. The van der Waals surface area contributed by atoms with Crippen LogP contribution < -0.4 is 19.1 Å². The summed E-state index contributed by atoms with van der Waals surface area (Å²) in [5.74, 6) is 0.555. The number of nitriles is 1. The van der Waals surface area contributed by atoms with E-state index in [1.165, 1.54) is 4.90 Å². The van der Waals surface area contributed by atoms with Crippen molar-refractivity contribution in [1.82, 2.24) is 0 Å². The molecule has 2 bridgehead atoms. The number of imide groups is 1. The third-order valence-corrected chi connectivity index (χ3v) is 7.76. The van der Waals surface area contributed by atoms with Gasteiger partial charge in [0.05, 0.1) is 23.2 Å². The number of benzene rings is 2. The third-order valence-electron chi connectivity index (χ3n) is 7.76. The Morgan fingerprint density at radius 2 is 1.76 bits per heavy atom. The van der Waals surface area contributed by atoms with E-state index in [0.717, 1.165) is 17.7 Å². The molecular formula is C25H19N3O6. The monoisotopic (exact) mass is 457 g/mol. The van der Waals surface area contributed by atoms with Crippen molar-refractivity contribution in [1.29, 1.82) is 5.26 Å². The van der Waals surface area contributed by atoms with E-state index < -0.39 is 0 Å². The van der Waals surface area contributed by atoms with Crippen molar-refractivity contribution in [3.63, 3.8) is 0 Å². The van der Waals surface area contributed by atoms with Crippen LogP contribution >= 0.6 is 0 Å². The maximum absolute atomic E-state index is 13.6. The van der Waals surface area contributed by atoms with Gasteiger partial charge >= 0.3 is 0 Å². The number of hydrogen-bond acceptors (Lipinski definition) is 8. The maximum atomic E-state index is 13.6. The molecule has 34 heavy (non-hydrogen) atoms. The Kier molecular flexibility index (Phi) is 3.98. The summed E-state index contributed by atoms with van der Waals surface area (Å²) in [5.41, 5.74) is 2.22. The van der Waals surface area contributed by atoms with E-state index in [-0.39, 0.29) is 60.9 Å². The highest BCUT2D eigenvalue weighted by molar-refractivity contribution is 6.23. The summed E-state index contributed by atoms with van der Waals surface area (Å²) in [6, 6.07) is 14.5. The van der Waals surface area contributed by atoms with E-state index >= 15 is 0 Å². The number of hydrogen-bond donors (Lipinski definition) is 0. The smallest absolute Gasteiger partial charge is 0.238 e. The van der Waals surface area contributed by atoms with Crippen molar-refractivity contribution in [3.8, 4) is 23.3 Å². The number of carbonyl (C=O) groups is 2. The lowest BCUT2D eigenvalue weighted by Crippen LogP contribution is -2.41. The van der Waals surface area contributed by atoms with Crippen LogP contribution in [0, 0.1) is 40.9 Å². The van der Waals surface area contributed by atoms with Crippen LogP contribution in [0.3, 0.4) is 0 Å². The molecule has 2 aromatic carbocycles. The Hall–Kier alpha value is -4.06. The van der Waals surface area contributed by atoms with Gasteiger partial charge in [0.25, 0.3) is 0 Å². The van der Waals surface area contributed by atoms with E-state index in [9.17, 15) is 9.59 Å². The molecular weight excluding hydrogens is 438 g/mol. The van der Waals surface area contributed by atoms with Gasteiger partial charge in [-0.1, -0.05) is 5.16 Å². The lowest BCUT2D eigenvalue weighted by molar-refractivity contribution is -0.125. The van der Waals surface area contributed by atoms with Crippen molar-refractivity contribution >= 4 is 23.2 Å².